The van der Waals surface area contributed by atoms with Crippen LogP contribution in [0.1, 0.15) is 37.5 Å². The predicted molar refractivity (Wildman–Crippen MR) is 129 cm³/mol. The van der Waals surface area contributed by atoms with Crippen LogP contribution >= 0.6 is 11.3 Å². The molecular weight excluding hydrogens is 493 g/mol. The summed E-state index contributed by atoms with van der Waals surface area (Å²) in [7, 11) is 0. The van der Waals surface area contributed by atoms with E-state index in [1.165, 1.54) is 42.5 Å². The summed E-state index contributed by atoms with van der Waals surface area (Å²) in [6.45, 7) is 1.19. The Bertz CT molecular complexity index is 1470. The van der Waals surface area contributed by atoms with E-state index in [9.17, 15) is 29.0 Å². The highest BCUT2D eigenvalue weighted by Crippen LogP contribution is 2.31. The summed E-state index contributed by atoms with van der Waals surface area (Å²) < 4.78 is 25.4. The van der Waals surface area contributed by atoms with E-state index in [0.717, 1.165) is 30.2 Å². The van der Waals surface area contributed by atoms with Crippen molar-refractivity contribution in [3.8, 4) is 28.0 Å². The van der Waals surface area contributed by atoms with Gasteiger partial charge in [0.25, 0.3) is 0 Å². The van der Waals surface area contributed by atoms with Crippen molar-refractivity contribution in [2.24, 2.45) is 0 Å². The molecule has 0 saturated heterocycles. The fraction of sp³-hybridized carbons (Fsp3) is 0.240. The number of rotatable bonds is 9. The van der Waals surface area contributed by atoms with E-state index < -0.39 is 23.4 Å². The SMILES string of the molecule is CC(=O)Oc1cc(F)c2cc(-c3ccc(CCCCCC(=O)On4c(O)ccc4O)s3)c(=O)oc2c1. The Morgan fingerprint density at radius 1 is 1.06 bits per heavy atom. The van der Waals surface area contributed by atoms with Crippen LogP contribution < -0.4 is 15.2 Å². The Morgan fingerprint density at radius 2 is 1.81 bits per heavy atom. The number of hydrogen-bond acceptors (Lipinski definition) is 9. The van der Waals surface area contributed by atoms with Crippen molar-refractivity contribution in [2.75, 3.05) is 0 Å². The van der Waals surface area contributed by atoms with Gasteiger partial charge in [0, 0.05) is 47.4 Å². The lowest BCUT2D eigenvalue weighted by Gasteiger charge is -2.06. The molecule has 0 aliphatic carbocycles. The van der Waals surface area contributed by atoms with E-state index in [1.807, 2.05) is 6.07 Å². The van der Waals surface area contributed by atoms with Gasteiger partial charge in [-0.2, -0.15) is 0 Å². The number of halogens is 1. The topological polar surface area (TPSA) is 128 Å². The maximum Gasteiger partial charge on any atom is 0.345 e. The normalized spacial score (nSPS) is 11.1. The molecule has 0 aliphatic rings. The van der Waals surface area contributed by atoms with Crippen LogP contribution in [0.3, 0.4) is 0 Å². The molecule has 0 atom stereocenters. The summed E-state index contributed by atoms with van der Waals surface area (Å²) in [5.41, 5.74) is -0.414. The van der Waals surface area contributed by atoms with Crippen LogP contribution in [-0.4, -0.2) is 26.9 Å². The van der Waals surface area contributed by atoms with Crippen molar-refractivity contribution in [1.82, 2.24) is 4.73 Å². The van der Waals surface area contributed by atoms with Gasteiger partial charge in [0.2, 0.25) is 11.8 Å². The molecule has 4 rings (SSSR count). The highest BCUT2D eigenvalue weighted by Gasteiger charge is 2.15. The van der Waals surface area contributed by atoms with Gasteiger partial charge in [-0.05, 0) is 37.5 Å². The number of benzene rings is 1. The molecule has 0 aliphatic heterocycles. The Hall–Kier alpha value is -4.12. The highest BCUT2D eigenvalue weighted by molar-refractivity contribution is 7.15. The third kappa shape index (κ3) is 5.74. The molecular formula is C25H22FNO8S. The van der Waals surface area contributed by atoms with Gasteiger partial charge < -0.3 is 24.2 Å². The fourth-order valence-electron chi connectivity index (χ4n) is 3.59. The number of carbonyl (C=O) groups excluding carboxylic acids is 2. The van der Waals surface area contributed by atoms with E-state index >= 15 is 0 Å². The number of aromatic nitrogens is 1. The predicted octanol–water partition coefficient (Wildman–Crippen LogP) is 4.56. The molecule has 0 radical (unpaired) electrons. The average Bonchev–Trinajstić information content (AvgIpc) is 3.40. The number of ether oxygens (including phenoxy) is 1. The summed E-state index contributed by atoms with van der Waals surface area (Å²) in [5, 5.41) is 19.1. The molecule has 0 spiro atoms. The van der Waals surface area contributed by atoms with Crippen molar-refractivity contribution in [1.29, 1.82) is 0 Å². The Balaban J connectivity index is 1.33. The number of fused-ring (bicyclic) bond motifs is 1. The second-order valence-electron chi connectivity index (χ2n) is 7.99. The Kier molecular flexibility index (Phi) is 7.39. The van der Waals surface area contributed by atoms with Crippen molar-refractivity contribution in [3.63, 3.8) is 0 Å². The van der Waals surface area contributed by atoms with Crippen LogP contribution in [0.2, 0.25) is 0 Å². The molecule has 0 saturated carbocycles. The minimum atomic E-state index is -0.675. The standard InChI is InChI=1S/C25H22FNO8S/c1-14(28)33-15-11-19(26)17-13-18(25(32)34-20(17)12-15)21-8-7-16(36-21)5-3-2-4-6-24(31)35-27-22(29)9-10-23(27)30/h7-13,29-30H,2-6H2,1H3. The minimum absolute atomic E-state index is 0.0162. The first-order valence-electron chi connectivity index (χ1n) is 11.1. The molecule has 3 aromatic heterocycles. The molecule has 4 aromatic rings. The number of unbranched alkanes of at least 4 members (excludes halogenated alkanes) is 2. The van der Waals surface area contributed by atoms with Crippen LogP contribution in [-0.2, 0) is 16.0 Å². The molecule has 0 bridgehead atoms. The lowest BCUT2D eigenvalue weighted by Crippen LogP contribution is -2.18. The largest absolute Gasteiger partial charge is 0.492 e. The maximum atomic E-state index is 14.6. The summed E-state index contributed by atoms with van der Waals surface area (Å²) in [6.07, 6.45) is 2.92. The first-order valence-corrected chi connectivity index (χ1v) is 11.9. The zero-order valence-electron chi connectivity index (χ0n) is 19.2. The highest BCUT2D eigenvalue weighted by atomic mass is 32.1. The third-order valence-electron chi connectivity index (χ3n) is 5.26. The van der Waals surface area contributed by atoms with Gasteiger partial charge >= 0.3 is 17.6 Å². The maximum absolute atomic E-state index is 14.6. The van der Waals surface area contributed by atoms with Gasteiger partial charge in [-0.1, -0.05) is 6.42 Å². The lowest BCUT2D eigenvalue weighted by molar-refractivity contribution is -0.145. The summed E-state index contributed by atoms with van der Waals surface area (Å²) >= 11 is 1.39. The van der Waals surface area contributed by atoms with Gasteiger partial charge in [0.05, 0.1) is 10.9 Å². The molecule has 9 nitrogen and oxygen atoms in total. The third-order valence-corrected chi connectivity index (χ3v) is 6.44. The number of hydrogen-bond donors (Lipinski definition) is 2. The average molecular weight is 516 g/mol. The number of esters is 1. The first kappa shape index (κ1) is 25.0. The van der Waals surface area contributed by atoms with E-state index in [4.69, 9.17) is 14.0 Å². The Morgan fingerprint density at radius 3 is 2.53 bits per heavy atom. The summed E-state index contributed by atoms with van der Waals surface area (Å²) in [4.78, 5) is 42.1. The zero-order valence-corrected chi connectivity index (χ0v) is 20.0. The van der Waals surface area contributed by atoms with E-state index in [0.29, 0.717) is 16.0 Å². The molecule has 188 valence electrons. The van der Waals surface area contributed by atoms with Gasteiger partial charge in [-0.15, -0.1) is 16.1 Å². The zero-order chi connectivity index (χ0) is 25.8. The number of nitrogens with zero attached hydrogens (tertiary/aromatic N) is 1. The van der Waals surface area contributed by atoms with Crippen molar-refractivity contribution in [2.45, 2.75) is 39.0 Å². The van der Waals surface area contributed by atoms with Gasteiger partial charge in [0.1, 0.15) is 17.1 Å². The molecule has 2 N–H and O–H groups in total. The van der Waals surface area contributed by atoms with Crippen molar-refractivity contribution >= 4 is 34.2 Å². The molecule has 0 unspecified atom stereocenters. The van der Waals surface area contributed by atoms with Crippen molar-refractivity contribution < 1.29 is 38.2 Å². The second kappa shape index (κ2) is 10.6. The van der Waals surface area contributed by atoms with Gasteiger partial charge in [0.15, 0.2) is 0 Å². The monoisotopic (exact) mass is 515 g/mol. The van der Waals surface area contributed by atoms with E-state index in [1.54, 1.807) is 6.07 Å². The first-order chi connectivity index (χ1) is 17.2. The van der Waals surface area contributed by atoms with Crippen LogP contribution in [0.25, 0.3) is 21.4 Å². The summed E-state index contributed by atoms with van der Waals surface area (Å²) in [5.74, 6) is -2.65. The quantitative estimate of drug-likeness (QED) is 0.144. The van der Waals surface area contributed by atoms with Crippen LogP contribution in [0.5, 0.6) is 17.5 Å². The fourth-order valence-corrected chi connectivity index (χ4v) is 4.65. The molecule has 0 fully saturated rings. The second-order valence-corrected chi connectivity index (χ2v) is 9.16. The Labute approximate surface area is 207 Å². The minimum Gasteiger partial charge on any atom is -0.492 e. The van der Waals surface area contributed by atoms with Crippen molar-refractivity contribution in [3.05, 3.63) is 63.6 Å². The molecule has 36 heavy (non-hydrogen) atoms. The van der Waals surface area contributed by atoms with Crippen LogP contribution in [0.15, 0.2) is 51.7 Å². The molecule has 3 heterocycles. The molecule has 0 amide bonds. The number of carbonyl (C=O) groups is 2. The smallest absolute Gasteiger partial charge is 0.345 e. The van der Waals surface area contributed by atoms with Gasteiger partial charge in [-0.25, -0.2) is 14.0 Å². The molecule has 11 heteroatoms. The van der Waals surface area contributed by atoms with E-state index in [-0.39, 0.29) is 40.5 Å². The van der Waals surface area contributed by atoms with E-state index in [2.05, 4.69) is 0 Å². The van der Waals surface area contributed by atoms with Crippen LogP contribution in [0.4, 0.5) is 4.39 Å². The lowest BCUT2D eigenvalue weighted by atomic mass is 10.1. The summed E-state index contributed by atoms with van der Waals surface area (Å²) in [6, 6.07) is 9.86. The van der Waals surface area contributed by atoms with Gasteiger partial charge in [-0.3, -0.25) is 4.79 Å². The number of aryl methyl sites for hydroxylation is 1. The number of thiophene rings is 1. The van der Waals surface area contributed by atoms with Crippen LogP contribution in [0, 0.1) is 5.82 Å². The molecule has 1 aromatic carbocycles. The number of aromatic hydroxyl groups is 2.